The normalized spacial score (nSPS) is 10.4. The summed E-state index contributed by atoms with van der Waals surface area (Å²) in [5.41, 5.74) is 0. The van der Waals surface area contributed by atoms with E-state index in [0.717, 1.165) is 0 Å². The topological polar surface area (TPSA) is 97.4 Å². The molecule has 0 atom stereocenters. The second-order valence-corrected chi connectivity index (χ2v) is 7.04. The lowest BCUT2D eigenvalue weighted by Crippen LogP contribution is -2.32. The Labute approximate surface area is 162 Å². The van der Waals surface area contributed by atoms with Crippen molar-refractivity contribution in [2.45, 2.75) is 24.2 Å². The lowest BCUT2D eigenvalue weighted by molar-refractivity contribution is -0.128. The molecule has 26 heavy (non-hydrogen) atoms. The molecular formula is C16H26N6O2S2. The molecule has 1 aromatic heterocycles. The third-order valence-electron chi connectivity index (χ3n) is 3.45. The van der Waals surface area contributed by atoms with Crippen molar-refractivity contribution >= 4 is 35.3 Å². The number of nitrogens with zero attached hydrogens (tertiary/aromatic N) is 5. The number of nitrogens with two attached hydrogens (primary N) is 1. The molecule has 0 bridgehead atoms. The van der Waals surface area contributed by atoms with E-state index in [4.69, 9.17) is 5.84 Å². The Hall–Kier alpha value is -1.94. The number of aromatic nitrogens is 3. The third kappa shape index (κ3) is 6.41. The summed E-state index contributed by atoms with van der Waals surface area (Å²) in [6.45, 7) is 13.4. The SMILES string of the molecule is C=CCN(CC=C)C(=O)CSc1nnc(SCC(=O)N(CC)CC)n1N. The highest BCUT2D eigenvalue weighted by Crippen LogP contribution is 2.21. The van der Waals surface area contributed by atoms with E-state index < -0.39 is 0 Å². The molecule has 0 aromatic carbocycles. The van der Waals surface area contributed by atoms with E-state index >= 15 is 0 Å². The predicted octanol–water partition coefficient (Wildman–Crippen LogP) is 1.25. The van der Waals surface area contributed by atoms with Gasteiger partial charge in [0.2, 0.25) is 22.1 Å². The first-order valence-corrected chi connectivity index (χ1v) is 10.2. The number of carbonyl (C=O) groups excluding carboxylic acids is 2. The molecule has 0 aliphatic heterocycles. The van der Waals surface area contributed by atoms with Gasteiger partial charge < -0.3 is 15.6 Å². The molecule has 1 aromatic rings. The minimum absolute atomic E-state index is 0.0249. The molecule has 0 saturated heterocycles. The van der Waals surface area contributed by atoms with Crippen molar-refractivity contribution in [2.75, 3.05) is 43.5 Å². The van der Waals surface area contributed by atoms with Gasteiger partial charge in [0.05, 0.1) is 11.5 Å². The van der Waals surface area contributed by atoms with Gasteiger partial charge in [0, 0.05) is 26.2 Å². The second-order valence-electron chi connectivity index (χ2n) is 5.15. The van der Waals surface area contributed by atoms with Crippen LogP contribution in [0.15, 0.2) is 35.6 Å². The Balaban J connectivity index is 2.60. The van der Waals surface area contributed by atoms with Crippen molar-refractivity contribution in [3.8, 4) is 0 Å². The van der Waals surface area contributed by atoms with Crippen LogP contribution in [0.4, 0.5) is 0 Å². The average Bonchev–Trinajstić information content (AvgIpc) is 2.98. The maximum Gasteiger partial charge on any atom is 0.233 e. The van der Waals surface area contributed by atoms with Crippen LogP contribution in [0.25, 0.3) is 0 Å². The number of hydrogen-bond donors (Lipinski definition) is 1. The minimum atomic E-state index is -0.0660. The van der Waals surface area contributed by atoms with Gasteiger partial charge in [-0.05, 0) is 13.8 Å². The van der Waals surface area contributed by atoms with Crippen molar-refractivity contribution in [1.29, 1.82) is 0 Å². The average molecular weight is 399 g/mol. The van der Waals surface area contributed by atoms with Crippen LogP contribution in [0.5, 0.6) is 0 Å². The van der Waals surface area contributed by atoms with Crippen molar-refractivity contribution in [3.63, 3.8) is 0 Å². The van der Waals surface area contributed by atoms with Gasteiger partial charge in [-0.25, -0.2) is 4.68 Å². The summed E-state index contributed by atoms with van der Waals surface area (Å²) in [5, 5.41) is 8.86. The van der Waals surface area contributed by atoms with Gasteiger partial charge in [0.1, 0.15) is 0 Å². The molecule has 0 saturated carbocycles. The molecule has 2 amide bonds. The molecule has 0 spiro atoms. The molecule has 10 heteroatoms. The summed E-state index contributed by atoms with van der Waals surface area (Å²) in [5.74, 6) is 6.36. The number of amides is 2. The van der Waals surface area contributed by atoms with Crippen molar-refractivity contribution in [3.05, 3.63) is 25.3 Å². The highest BCUT2D eigenvalue weighted by Gasteiger charge is 2.17. The van der Waals surface area contributed by atoms with Crippen LogP contribution < -0.4 is 5.84 Å². The smallest absolute Gasteiger partial charge is 0.233 e. The molecule has 1 heterocycles. The van der Waals surface area contributed by atoms with Crippen molar-refractivity contribution in [1.82, 2.24) is 24.7 Å². The van der Waals surface area contributed by atoms with E-state index in [-0.39, 0.29) is 23.3 Å². The number of rotatable bonds is 12. The first-order valence-electron chi connectivity index (χ1n) is 8.21. The number of nitrogen functional groups attached to an aromatic ring is 1. The van der Waals surface area contributed by atoms with Gasteiger partial charge in [-0.2, -0.15) is 0 Å². The number of carbonyl (C=O) groups is 2. The summed E-state index contributed by atoms with van der Waals surface area (Å²) in [7, 11) is 0. The maximum atomic E-state index is 12.2. The van der Waals surface area contributed by atoms with Gasteiger partial charge in [-0.1, -0.05) is 35.7 Å². The standard InChI is InChI=1S/C16H26N6O2S2/c1-5-9-21(10-6-2)14(24)12-26-16-19-18-15(22(16)17)25-11-13(23)20(7-3)8-4/h5-6H,1-2,7-12,17H2,3-4H3. The molecule has 0 unspecified atom stereocenters. The van der Waals surface area contributed by atoms with E-state index in [1.165, 1.54) is 28.2 Å². The Morgan fingerprint density at radius 1 is 1.00 bits per heavy atom. The van der Waals surface area contributed by atoms with Gasteiger partial charge in [0.15, 0.2) is 0 Å². The monoisotopic (exact) mass is 398 g/mol. The fourth-order valence-electron chi connectivity index (χ4n) is 2.06. The number of hydrogen-bond acceptors (Lipinski definition) is 7. The fraction of sp³-hybridized carbons (Fsp3) is 0.500. The zero-order valence-electron chi connectivity index (χ0n) is 15.3. The Morgan fingerprint density at radius 2 is 1.42 bits per heavy atom. The zero-order valence-corrected chi connectivity index (χ0v) is 16.9. The van der Waals surface area contributed by atoms with Gasteiger partial charge in [0.25, 0.3) is 0 Å². The Bertz CT molecular complexity index is 620. The zero-order chi connectivity index (χ0) is 19.5. The van der Waals surface area contributed by atoms with Gasteiger partial charge in [-0.3, -0.25) is 9.59 Å². The van der Waals surface area contributed by atoms with Crippen LogP contribution in [0.1, 0.15) is 13.8 Å². The van der Waals surface area contributed by atoms with Crippen LogP contribution in [-0.2, 0) is 9.59 Å². The third-order valence-corrected chi connectivity index (χ3v) is 5.31. The van der Waals surface area contributed by atoms with E-state index in [2.05, 4.69) is 23.4 Å². The lowest BCUT2D eigenvalue weighted by Gasteiger charge is -2.18. The summed E-state index contributed by atoms with van der Waals surface area (Å²) in [6.07, 6.45) is 3.33. The summed E-state index contributed by atoms with van der Waals surface area (Å²) in [4.78, 5) is 27.6. The molecule has 1 rings (SSSR count). The molecule has 2 N–H and O–H groups in total. The molecule has 144 valence electrons. The minimum Gasteiger partial charge on any atom is -0.343 e. The molecular weight excluding hydrogens is 372 g/mol. The second kappa shape index (κ2) is 11.6. The summed E-state index contributed by atoms with van der Waals surface area (Å²) in [6, 6.07) is 0. The van der Waals surface area contributed by atoms with E-state index in [0.29, 0.717) is 36.5 Å². The predicted molar refractivity (Wildman–Crippen MR) is 107 cm³/mol. The van der Waals surface area contributed by atoms with Crippen LogP contribution in [-0.4, -0.2) is 74.2 Å². The molecule has 8 nitrogen and oxygen atoms in total. The molecule has 0 fully saturated rings. The molecule has 0 aliphatic carbocycles. The van der Waals surface area contributed by atoms with Crippen LogP contribution in [0.3, 0.4) is 0 Å². The largest absolute Gasteiger partial charge is 0.343 e. The fourth-order valence-corrected chi connectivity index (χ4v) is 3.64. The molecule has 0 aliphatic rings. The van der Waals surface area contributed by atoms with E-state index in [1.54, 1.807) is 22.0 Å². The molecule has 0 radical (unpaired) electrons. The quantitative estimate of drug-likeness (QED) is 0.321. The van der Waals surface area contributed by atoms with Gasteiger partial charge >= 0.3 is 0 Å². The van der Waals surface area contributed by atoms with Crippen molar-refractivity contribution < 1.29 is 9.59 Å². The first-order chi connectivity index (χ1) is 12.5. The maximum absolute atomic E-state index is 12.2. The summed E-state index contributed by atoms with van der Waals surface area (Å²) < 4.78 is 1.31. The highest BCUT2D eigenvalue weighted by molar-refractivity contribution is 8.00. The van der Waals surface area contributed by atoms with E-state index in [1.807, 2.05) is 13.8 Å². The lowest BCUT2D eigenvalue weighted by atomic mass is 10.4. The van der Waals surface area contributed by atoms with Crippen LogP contribution in [0.2, 0.25) is 0 Å². The Morgan fingerprint density at radius 3 is 1.81 bits per heavy atom. The van der Waals surface area contributed by atoms with Crippen LogP contribution >= 0.6 is 23.5 Å². The first kappa shape index (κ1) is 22.1. The van der Waals surface area contributed by atoms with Gasteiger partial charge in [-0.15, -0.1) is 23.4 Å². The Kier molecular flexibility index (Phi) is 9.89. The van der Waals surface area contributed by atoms with E-state index in [9.17, 15) is 9.59 Å². The summed E-state index contributed by atoms with van der Waals surface area (Å²) >= 11 is 2.43. The van der Waals surface area contributed by atoms with Crippen molar-refractivity contribution in [2.24, 2.45) is 0 Å². The van der Waals surface area contributed by atoms with Crippen LogP contribution in [0, 0.1) is 0 Å². The number of thioether (sulfide) groups is 2. The highest BCUT2D eigenvalue weighted by atomic mass is 32.2.